The summed E-state index contributed by atoms with van der Waals surface area (Å²) in [5.74, 6) is 0.599. The molecule has 0 aromatic carbocycles. The third-order valence-corrected chi connectivity index (χ3v) is 2.82. The summed E-state index contributed by atoms with van der Waals surface area (Å²) < 4.78 is 0. The molecule has 0 amide bonds. The normalized spacial score (nSPS) is 16.9. The molecular weight excluding hydrogens is 178 g/mol. The summed E-state index contributed by atoms with van der Waals surface area (Å²) >= 11 is 0. The van der Waals surface area contributed by atoms with Gasteiger partial charge in [-0.3, -0.25) is 5.10 Å². The molecule has 0 unspecified atom stereocenters. The molecule has 74 valence electrons. The third kappa shape index (κ3) is 1.72. The Morgan fingerprint density at radius 3 is 3.07 bits per heavy atom. The molecule has 1 aromatic heterocycles. The highest BCUT2D eigenvalue weighted by molar-refractivity contribution is 5.21. The van der Waals surface area contributed by atoms with Crippen molar-refractivity contribution in [3.63, 3.8) is 0 Å². The molecule has 0 atom stereocenters. The molecule has 1 aliphatic carbocycles. The Bertz CT molecular complexity index is 344. The van der Waals surface area contributed by atoms with Crippen molar-refractivity contribution in [1.82, 2.24) is 10.2 Å². The fourth-order valence-corrected chi connectivity index (χ4v) is 2.12. The van der Waals surface area contributed by atoms with Gasteiger partial charge in [0.1, 0.15) is 0 Å². The van der Waals surface area contributed by atoms with Crippen molar-refractivity contribution in [2.45, 2.75) is 38.1 Å². The SMILES string of the molecule is [N-]=[N+]=NCc1cn[nH]c1C1CCCC1. The van der Waals surface area contributed by atoms with Gasteiger partial charge in [0, 0.05) is 16.5 Å². The van der Waals surface area contributed by atoms with Crippen LogP contribution in [0.15, 0.2) is 11.3 Å². The molecule has 1 aromatic rings. The average molecular weight is 191 g/mol. The zero-order valence-corrected chi connectivity index (χ0v) is 7.98. The summed E-state index contributed by atoms with van der Waals surface area (Å²) in [6.45, 7) is 0.416. The van der Waals surface area contributed by atoms with E-state index < -0.39 is 0 Å². The van der Waals surface area contributed by atoms with E-state index in [1.807, 2.05) is 0 Å². The second-order valence-corrected chi connectivity index (χ2v) is 3.68. The predicted molar refractivity (Wildman–Crippen MR) is 52.6 cm³/mol. The van der Waals surface area contributed by atoms with Crippen molar-refractivity contribution < 1.29 is 0 Å². The Balaban J connectivity index is 2.15. The highest BCUT2D eigenvalue weighted by atomic mass is 15.1. The van der Waals surface area contributed by atoms with Crippen LogP contribution in [0.3, 0.4) is 0 Å². The van der Waals surface area contributed by atoms with Crippen LogP contribution in [0.5, 0.6) is 0 Å². The van der Waals surface area contributed by atoms with Crippen molar-refractivity contribution >= 4 is 0 Å². The maximum Gasteiger partial charge on any atom is 0.0544 e. The van der Waals surface area contributed by atoms with Crippen molar-refractivity contribution in [2.75, 3.05) is 0 Å². The lowest BCUT2D eigenvalue weighted by molar-refractivity contribution is 0.684. The molecule has 14 heavy (non-hydrogen) atoms. The van der Waals surface area contributed by atoms with Crippen LogP contribution in [-0.4, -0.2) is 10.2 Å². The average Bonchev–Trinajstić information content (AvgIpc) is 2.84. The fraction of sp³-hybridized carbons (Fsp3) is 0.667. The first kappa shape index (κ1) is 9.09. The van der Waals surface area contributed by atoms with E-state index in [2.05, 4.69) is 20.2 Å². The van der Waals surface area contributed by atoms with E-state index in [9.17, 15) is 0 Å². The minimum absolute atomic E-state index is 0.416. The molecule has 1 heterocycles. The molecule has 1 aliphatic rings. The van der Waals surface area contributed by atoms with Gasteiger partial charge in [0.05, 0.1) is 12.7 Å². The van der Waals surface area contributed by atoms with Gasteiger partial charge < -0.3 is 0 Å². The second kappa shape index (κ2) is 4.15. The highest BCUT2D eigenvalue weighted by Crippen LogP contribution is 2.34. The molecule has 0 radical (unpaired) electrons. The van der Waals surface area contributed by atoms with E-state index in [1.54, 1.807) is 6.20 Å². The maximum atomic E-state index is 8.25. The monoisotopic (exact) mass is 191 g/mol. The van der Waals surface area contributed by atoms with E-state index >= 15 is 0 Å². The molecule has 0 spiro atoms. The number of H-pyrrole nitrogens is 1. The molecule has 5 heteroatoms. The van der Waals surface area contributed by atoms with Gasteiger partial charge in [0.15, 0.2) is 0 Å². The van der Waals surface area contributed by atoms with Gasteiger partial charge in [0.2, 0.25) is 0 Å². The Labute approximate surface area is 82.1 Å². The van der Waals surface area contributed by atoms with Crippen LogP contribution in [0.4, 0.5) is 0 Å². The number of nitrogens with one attached hydrogen (secondary N) is 1. The van der Waals surface area contributed by atoms with Crippen LogP contribution in [0.25, 0.3) is 10.4 Å². The van der Waals surface area contributed by atoms with Gasteiger partial charge in [-0.25, -0.2) is 0 Å². The number of nitrogens with zero attached hydrogens (tertiary/aromatic N) is 4. The van der Waals surface area contributed by atoms with Gasteiger partial charge in [-0.05, 0) is 23.9 Å². The first-order valence-electron chi connectivity index (χ1n) is 4.95. The molecule has 0 aliphatic heterocycles. The summed E-state index contributed by atoms with van der Waals surface area (Å²) in [7, 11) is 0. The van der Waals surface area contributed by atoms with Crippen molar-refractivity contribution in [3.8, 4) is 0 Å². The van der Waals surface area contributed by atoms with Crippen LogP contribution >= 0.6 is 0 Å². The number of rotatable bonds is 3. The molecule has 1 saturated carbocycles. The van der Waals surface area contributed by atoms with E-state index in [1.165, 1.54) is 31.4 Å². The Morgan fingerprint density at radius 1 is 1.57 bits per heavy atom. The molecule has 2 rings (SSSR count). The lowest BCUT2D eigenvalue weighted by Crippen LogP contribution is -1.96. The van der Waals surface area contributed by atoms with Crippen LogP contribution < -0.4 is 0 Å². The highest BCUT2D eigenvalue weighted by Gasteiger charge is 2.20. The second-order valence-electron chi connectivity index (χ2n) is 3.68. The van der Waals surface area contributed by atoms with Gasteiger partial charge in [-0.15, -0.1) is 0 Å². The molecular formula is C9H13N5. The molecule has 1 fully saturated rings. The van der Waals surface area contributed by atoms with Gasteiger partial charge >= 0.3 is 0 Å². The van der Waals surface area contributed by atoms with Gasteiger partial charge in [0.25, 0.3) is 0 Å². The van der Waals surface area contributed by atoms with E-state index in [0.29, 0.717) is 12.5 Å². The lowest BCUT2D eigenvalue weighted by Gasteiger charge is -2.07. The molecule has 1 N–H and O–H groups in total. The smallest absolute Gasteiger partial charge is 0.0544 e. The third-order valence-electron chi connectivity index (χ3n) is 2.82. The summed E-state index contributed by atoms with van der Waals surface area (Å²) in [5, 5.41) is 10.6. The van der Waals surface area contributed by atoms with E-state index in [0.717, 1.165) is 5.56 Å². The standard InChI is InChI=1S/C9H13N5/c10-14-12-6-8-5-11-13-9(8)7-3-1-2-4-7/h5,7H,1-4,6H2,(H,11,13). The maximum absolute atomic E-state index is 8.25. The number of aromatic amines is 1. The van der Waals surface area contributed by atoms with Crippen molar-refractivity contribution in [1.29, 1.82) is 0 Å². The fourth-order valence-electron chi connectivity index (χ4n) is 2.12. The zero-order valence-electron chi connectivity index (χ0n) is 7.98. The van der Waals surface area contributed by atoms with Gasteiger partial charge in [-0.1, -0.05) is 18.0 Å². The Hall–Kier alpha value is -1.48. The minimum Gasteiger partial charge on any atom is -0.282 e. The molecule has 0 saturated heterocycles. The van der Waals surface area contributed by atoms with Crippen molar-refractivity contribution in [2.24, 2.45) is 5.11 Å². The van der Waals surface area contributed by atoms with Crippen LogP contribution in [0, 0.1) is 0 Å². The van der Waals surface area contributed by atoms with E-state index in [4.69, 9.17) is 5.53 Å². The quantitative estimate of drug-likeness (QED) is 0.445. The summed E-state index contributed by atoms with van der Waals surface area (Å²) in [6, 6.07) is 0. The number of hydrogen-bond acceptors (Lipinski definition) is 2. The zero-order chi connectivity index (χ0) is 9.80. The summed E-state index contributed by atoms with van der Waals surface area (Å²) in [6.07, 6.45) is 6.81. The number of azide groups is 1. The topological polar surface area (TPSA) is 77.4 Å². The number of hydrogen-bond donors (Lipinski definition) is 1. The number of aromatic nitrogens is 2. The van der Waals surface area contributed by atoms with Crippen LogP contribution in [0.1, 0.15) is 42.9 Å². The van der Waals surface area contributed by atoms with Crippen molar-refractivity contribution in [3.05, 3.63) is 27.9 Å². The molecule has 5 nitrogen and oxygen atoms in total. The largest absolute Gasteiger partial charge is 0.282 e. The van der Waals surface area contributed by atoms with Crippen LogP contribution in [-0.2, 0) is 6.54 Å². The van der Waals surface area contributed by atoms with Crippen LogP contribution in [0.2, 0.25) is 0 Å². The summed E-state index contributed by atoms with van der Waals surface area (Å²) in [4.78, 5) is 2.76. The Kier molecular flexibility index (Phi) is 2.70. The first-order valence-corrected chi connectivity index (χ1v) is 4.95. The van der Waals surface area contributed by atoms with E-state index in [-0.39, 0.29) is 0 Å². The lowest BCUT2D eigenvalue weighted by atomic mass is 10.0. The molecule has 0 bridgehead atoms. The summed E-state index contributed by atoms with van der Waals surface area (Å²) in [5.41, 5.74) is 10.5. The minimum atomic E-state index is 0.416. The first-order chi connectivity index (χ1) is 6.92. The Morgan fingerprint density at radius 2 is 2.36 bits per heavy atom. The predicted octanol–water partition coefficient (Wildman–Crippen LogP) is 2.88. The van der Waals surface area contributed by atoms with Gasteiger partial charge in [-0.2, -0.15) is 5.10 Å².